The Morgan fingerprint density at radius 1 is 1.08 bits per heavy atom. The number of rotatable bonds is 9. The van der Waals surface area contributed by atoms with E-state index in [0.29, 0.717) is 36.0 Å². The number of benzene rings is 1. The lowest BCUT2D eigenvalue weighted by Gasteiger charge is -2.14. The monoisotopic (exact) mass is 366 g/mol. The zero-order valence-corrected chi connectivity index (χ0v) is 16.0. The van der Waals surface area contributed by atoms with Crippen LogP contribution in [0.1, 0.15) is 37.6 Å². The molecular formula is C18H26N2O6. The Balaban J connectivity index is 3.01. The fraction of sp³-hybridized carbons (Fsp3) is 0.500. The Bertz CT molecular complexity index is 647. The molecule has 26 heavy (non-hydrogen) atoms. The van der Waals surface area contributed by atoms with Crippen molar-refractivity contribution in [3.8, 4) is 17.2 Å². The Kier molecular flexibility index (Phi) is 8.41. The van der Waals surface area contributed by atoms with Crippen LogP contribution in [0.25, 0.3) is 0 Å². The van der Waals surface area contributed by atoms with Crippen molar-refractivity contribution in [1.29, 1.82) is 0 Å². The number of carbonyl (C=O) groups excluding carboxylic acids is 2. The predicted molar refractivity (Wildman–Crippen MR) is 97.1 cm³/mol. The van der Waals surface area contributed by atoms with E-state index < -0.39 is 11.8 Å². The van der Waals surface area contributed by atoms with E-state index >= 15 is 0 Å². The molecule has 0 bridgehead atoms. The Hall–Kier alpha value is -2.77. The number of hydrogen-bond acceptors (Lipinski definition) is 7. The van der Waals surface area contributed by atoms with Gasteiger partial charge in [-0.25, -0.2) is 5.43 Å². The van der Waals surface area contributed by atoms with Gasteiger partial charge in [-0.2, -0.15) is 5.10 Å². The van der Waals surface area contributed by atoms with E-state index in [0.717, 1.165) is 0 Å². The van der Waals surface area contributed by atoms with Gasteiger partial charge in [0.2, 0.25) is 5.75 Å². The second kappa shape index (κ2) is 10.3. The largest absolute Gasteiger partial charge is 0.493 e. The normalized spacial score (nSPS) is 12.2. The highest BCUT2D eigenvalue weighted by atomic mass is 16.5. The summed E-state index contributed by atoms with van der Waals surface area (Å²) in [5, 5.41) is 4.03. The first-order valence-corrected chi connectivity index (χ1v) is 8.24. The van der Waals surface area contributed by atoms with E-state index in [1.807, 2.05) is 6.92 Å². The van der Waals surface area contributed by atoms with Crippen LogP contribution in [-0.4, -0.2) is 45.5 Å². The topological polar surface area (TPSA) is 95.5 Å². The molecule has 0 aliphatic rings. The summed E-state index contributed by atoms with van der Waals surface area (Å²) in [6, 6.07) is 3.04. The first-order valence-electron chi connectivity index (χ1n) is 8.24. The van der Waals surface area contributed by atoms with Crippen molar-refractivity contribution >= 4 is 17.6 Å². The van der Waals surface area contributed by atoms with Gasteiger partial charge in [-0.15, -0.1) is 0 Å². The number of ether oxygens (including phenoxy) is 4. The molecule has 0 saturated heterocycles. The van der Waals surface area contributed by atoms with Gasteiger partial charge in [0.25, 0.3) is 5.91 Å². The number of hydrogen-bond donors (Lipinski definition) is 1. The average Bonchev–Trinajstić information content (AvgIpc) is 2.65. The predicted octanol–water partition coefficient (Wildman–Crippen LogP) is 2.41. The van der Waals surface area contributed by atoms with Crippen molar-refractivity contribution in [3.63, 3.8) is 0 Å². The number of amides is 1. The minimum Gasteiger partial charge on any atom is -0.493 e. The summed E-state index contributed by atoms with van der Waals surface area (Å²) in [5.41, 5.74) is 3.18. The molecule has 1 N–H and O–H groups in total. The molecule has 0 radical (unpaired) electrons. The first-order chi connectivity index (χ1) is 12.4. The van der Waals surface area contributed by atoms with E-state index in [1.165, 1.54) is 33.5 Å². The molecule has 1 atom stereocenters. The van der Waals surface area contributed by atoms with E-state index in [2.05, 4.69) is 10.5 Å². The molecule has 1 aromatic rings. The van der Waals surface area contributed by atoms with E-state index in [4.69, 9.17) is 18.9 Å². The molecule has 0 spiro atoms. The summed E-state index contributed by atoms with van der Waals surface area (Å²) in [4.78, 5) is 24.3. The maximum absolute atomic E-state index is 12.4. The molecule has 1 rings (SSSR count). The Morgan fingerprint density at radius 3 is 2.08 bits per heavy atom. The Labute approximate surface area is 153 Å². The third kappa shape index (κ3) is 5.11. The number of hydrazone groups is 1. The zero-order valence-electron chi connectivity index (χ0n) is 16.0. The van der Waals surface area contributed by atoms with Crippen LogP contribution in [0.5, 0.6) is 17.2 Å². The van der Waals surface area contributed by atoms with Crippen LogP contribution in [0.4, 0.5) is 0 Å². The van der Waals surface area contributed by atoms with Gasteiger partial charge in [0.15, 0.2) is 11.5 Å². The lowest BCUT2D eigenvalue weighted by Crippen LogP contribution is -2.27. The number of nitrogens with one attached hydrogen (secondary N) is 1. The van der Waals surface area contributed by atoms with Crippen LogP contribution < -0.4 is 19.6 Å². The molecule has 0 heterocycles. The van der Waals surface area contributed by atoms with Crippen LogP contribution in [0.15, 0.2) is 17.2 Å². The van der Waals surface area contributed by atoms with Gasteiger partial charge in [-0.05, 0) is 32.4 Å². The molecule has 1 amide bonds. The summed E-state index contributed by atoms with van der Waals surface area (Å²) in [5.74, 6) is -0.235. The molecule has 0 aliphatic heterocycles. The summed E-state index contributed by atoms with van der Waals surface area (Å²) < 4.78 is 20.7. The lowest BCUT2D eigenvalue weighted by molar-refractivity contribution is -0.145. The van der Waals surface area contributed by atoms with Crippen LogP contribution in [0, 0.1) is 5.92 Å². The van der Waals surface area contributed by atoms with Crippen molar-refractivity contribution < 1.29 is 28.5 Å². The van der Waals surface area contributed by atoms with Gasteiger partial charge in [0.1, 0.15) is 0 Å². The molecular weight excluding hydrogens is 340 g/mol. The summed E-state index contributed by atoms with van der Waals surface area (Å²) in [6.45, 7) is 5.55. The van der Waals surface area contributed by atoms with Crippen molar-refractivity contribution in [2.45, 2.75) is 27.2 Å². The SMILES string of the molecule is CCOC(=O)[C@@H](CC)C(C)=NNC(=O)c1cc(OC)c(OC)c(OC)c1. The van der Waals surface area contributed by atoms with Gasteiger partial charge in [-0.1, -0.05) is 6.92 Å². The van der Waals surface area contributed by atoms with Crippen molar-refractivity contribution in [3.05, 3.63) is 17.7 Å². The third-order valence-corrected chi connectivity index (χ3v) is 3.74. The maximum atomic E-state index is 12.4. The van der Waals surface area contributed by atoms with E-state index in [-0.39, 0.29) is 11.5 Å². The summed E-state index contributed by atoms with van der Waals surface area (Å²) >= 11 is 0. The van der Waals surface area contributed by atoms with Gasteiger partial charge < -0.3 is 18.9 Å². The number of esters is 1. The molecule has 0 fully saturated rings. The standard InChI is InChI=1S/C18H26N2O6/c1-7-13(18(22)26-8-2)11(3)19-20-17(21)12-9-14(23-4)16(25-6)15(10-12)24-5/h9-10,13H,7-8H2,1-6H3,(H,20,21)/t13-/m0/s1. The fourth-order valence-electron chi connectivity index (χ4n) is 2.37. The second-order valence-corrected chi connectivity index (χ2v) is 5.32. The van der Waals surface area contributed by atoms with Crippen LogP contribution in [-0.2, 0) is 9.53 Å². The first kappa shape index (κ1) is 21.3. The molecule has 1 aromatic carbocycles. The number of methoxy groups -OCH3 is 3. The molecule has 144 valence electrons. The van der Waals surface area contributed by atoms with Crippen LogP contribution in [0.3, 0.4) is 0 Å². The molecule has 8 nitrogen and oxygen atoms in total. The second-order valence-electron chi connectivity index (χ2n) is 5.32. The smallest absolute Gasteiger partial charge is 0.314 e. The van der Waals surface area contributed by atoms with Crippen LogP contribution in [0.2, 0.25) is 0 Å². The van der Waals surface area contributed by atoms with Crippen molar-refractivity contribution in [2.24, 2.45) is 11.0 Å². The molecule has 0 saturated carbocycles. The fourth-order valence-corrected chi connectivity index (χ4v) is 2.37. The number of nitrogens with zero attached hydrogens (tertiary/aromatic N) is 1. The van der Waals surface area contributed by atoms with Crippen LogP contribution >= 0.6 is 0 Å². The van der Waals surface area contributed by atoms with E-state index in [9.17, 15) is 9.59 Å². The molecule has 0 aromatic heterocycles. The zero-order chi connectivity index (χ0) is 19.7. The average molecular weight is 366 g/mol. The van der Waals surface area contributed by atoms with Gasteiger partial charge in [0.05, 0.1) is 33.9 Å². The summed E-state index contributed by atoms with van der Waals surface area (Å²) in [6.07, 6.45) is 0.522. The molecule has 0 aliphatic carbocycles. The molecule has 8 heteroatoms. The van der Waals surface area contributed by atoms with Crippen molar-refractivity contribution in [1.82, 2.24) is 5.43 Å². The highest BCUT2D eigenvalue weighted by molar-refractivity contribution is 6.02. The van der Waals surface area contributed by atoms with E-state index in [1.54, 1.807) is 13.8 Å². The highest BCUT2D eigenvalue weighted by Gasteiger charge is 2.22. The van der Waals surface area contributed by atoms with Gasteiger partial charge >= 0.3 is 5.97 Å². The lowest BCUT2D eigenvalue weighted by atomic mass is 10.0. The van der Waals surface area contributed by atoms with Gasteiger partial charge in [0, 0.05) is 11.3 Å². The highest BCUT2D eigenvalue weighted by Crippen LogP contribution is 2.38. The minimum atomic E-state index is -0.504. The third-order valence-electron chi connectivity index (χ3n) is 3.74. The number of carbonyl (C=O) groups is 2. The van der Waals surface area contributed by atoms with Crippen molar-refractivity contribution in [2.75, 3.05) is 27.9 Å². The van der Waals surface area contributed by atoms with Gasteiger partial charge in [-0.3, -0.25) is 9.59 Å². The Morgan fingerprint density at radius 2 is 1.65 bits per heavy atom. The maximum Gasteiger partial charge on any atom is 0.314 e. The summed E-state index contributed by atoms with van der Waals surface area (Å²) in [7, 11) is 4.41. The quantitative estimate of drug-likeness (QED) is 0.410. The minimum absolute atomic E-state index is 0.278. The molecule has 0 unspecified atom stereocenters.